The third-order valence-corrected chi connectivity index (χ3v) is 2.65. The van der Waals surface area contributed by atoms with Crippen molar-refractivity contribution in [1.82, 2.24) is 5.32 Å². The van der Waals surface area contributed by atoms with Gasteiger partial charge in [0.25, 0.3) is 0 Å². The molecule has 0 saturated carbocycles. The van der Waals surface area contributed by atoms with Gasteiger partial charge in [-0.05, 0) is 12.1 Å². The van der Waals surface area contributed by atoms with E-state index < -0.39 is 17.9 Å². The first-order valence-corrected chi connectivity index (χ1v) is 5.92. The zero-order valence-electron chi connectivity index (χ0n) is 9.57. The number of halogens is 2. The highest BCUT2D eigenvalue weighted by Gasteiger charge is 2.12. The van der Waals surface area contributed by atoms with Gasteiger partial charge >= 0.3 is 12.0 Å². The minimum absolute atomic E-state index is 0.175. The van der Waals surface area contributed by atoms with Crippen LogP contribution in [0.25, 0.3) is 0 Å². The lowest BCUT2D eigenvalue weighted by atomic mass is 10.3. The summed E-state index contributed by atoms with van der Waals surface area (Å²) in [6.07, 6.45) is -0.648. The number of aliphatic carboxylic acids is 1. The van der Waals surface area contributed by atoms with Gasteiger partial charge in [0, 0.05) is 6.42 Å². The smallest absolute Gasteiger partial charge is 0.325 e. The third kappa shape index (κ3) is 5.15. The van der Waals surface area contributed by atoms with Crippen LogP contribution in [-0.2, 0) is 9.59 Å². The molecule has 3 N–H and O–H groups in total. The normalized spacial score (nSPS) is 9.79. The monoisotopic (exact) mass is 304 g/mol. The van der Waals surface area contributed by atoms with Crippen LogP contribution in [0.3, 0.4) is 0 Å². The van der Waals surface area contributed by atoms with Crippen molar-refractivity contribution < 1.29 is 19.5 Å². The number of amides is 3. The van der Waals surface area contributed by atoms with Crippen LogP contribution in [0.15, 0.2) is 18.2 Å². The lowest BCUT2D eigenvalue weighted by molar-refractivity contribution is -0.138. The molecule has 0 fully saturated rings. The van der Waals surface area contributed by atoms with Crippen molar-refractivity contribution in [2.75, 3.05) is 5.32 Å². The highest BCUT2D eigenvalue weighted by atomic mass is 35.5. The summed E-state index contributed by atoms with van der Waals surface area (Å²) in [4.78, 5) is 32.9. The van der Waals surface area contributed by atoms with Crippen LogP contribution in [0.2, 0.25) is 10.0 Å². The minimum Gasteiger partial charge on any atom is -0.481 e. The molecule has 0 aliphatic carbocycles. The lowest BCUT2D eigenvalue weighted by Gasteiger charge is -2.09. The summed E-state index contributed by atoms with van der Waals surface area (Å²) in [6.45, 7) is 0. The fraction of sp³-hybridized carbons (Fsp3) is 0.182. The molecule has 0 unspecified atom stereocenters. The number of carbonyl (C=O) groups is 3. The van der Waals surface area contributed by atoms with Gasteiger partial charge in [0.2, 0.25) is 5.91 Å². The Bertz CT molecular complexity index is 499. The maximum absolute atomic E-state index is 11.5. The number of urea groups is 1. The van der Waals surface area contributed by atoms with Crippen LogP contribution in [0.1, 0.15) is 12.8 Å². The van der Waals surface area contributed by atoms with Crippen LogP contribution in [0.5, 0.6) is 0 Å². The number of nitrogens with one attached hydrogen (secondary N) is 2. The molecule has 0 saturated heterocycles. The van der Waals surface area contributed by atoms with Gasteiger partial charge in [0.05, 0.1) is 22.2 Å². The molecule has 0 spiro atoms. The number of carboxylic acids is 1. The highest BCUT2D eigenvalue weighted by Crippen LogP contribution is 2.29. The van der Waals surface area contributed by atoms with E-state index in [0.29, 0.717) is 0 Å². The van der Waals surface area contributed by atoms with Gasteiger partial charge in [-0.25, -0.2) is 4.79 Å². The van der Waals surface area contributed by atoms with Gasteiger partial charge < -0.3 is 10.4 Å². The molecule has 19 heavy (non-hydrogen) atoms. The Balaban J connectivity index is 2.56. The molecule has 6 nitrogen and oxygen atoms in total. The zero-order valence-corrected chi connectivity index (χ0v) is 11.1. The van der Waals surface area contributed by atoms with Crippen LogP contribution < -0.4 is 10.6 Å². The van der Waals surface area contributed by atoms with Crippen LogP contribution in [0.4, 0.5) is 10.5 Å². The van der Waals surface area contributed by atoms with E-state index in [9.17, 15) is 14.4 Å². The first kappa shape index (κ1) is 15.3. The van der Waals surface area contributed by atoms with Crippen LogP contribution in [0, 0.1) is 0 Å². The molecule has 0 aromatic heterocycles. The second-order valence-electron chi connectivity index (χ2n) is 3.49. The van der Waals surface area contributed by atoms with Gasteiger partial charge in [-0.2, -0.15) is 0 Å². The molecular formula is C11H10Cl2N2O4. The van der Waals surface area contributed by atoms with Crippen molar-refractivity contribution in [2.24, 2.45) is 0 Å². The molecule has 0 aliphatic heterocycles. The number of benzene rings is 1. The van der Waals surface area contributed by atoms with E-state index in [-0.39, 0.29) is 28.6 Å². The summed E-state index contributed by atoms with van der Waals surface area (Å²) < 4.78 is 0. The van der Waals surface area contributed by atoms with E-state index in [0.717, 1.165) is 0 Å². The lowest BCUT2D eigenvalue weighted by Crippen LogP contribution is -2.34. The van der Waals surface area contributed by atoms with E-state index in [1.807, 2.05) is 5.32 Å². The molecule has 1 aromatic carbocycles. The second kappa shape index (κ2) is 6.96. The number of rotatable bonds is 4. The van der Waals surface area contributed by atoms with E-state index >= 15 is 0 Å². The fourth-order valence-corrected chi connectivity index (χ4v) is 1.66. The van der Waals surface area contributed by atoms with Crippen LogP contribution in [-0.4, -0.2) is 23.0 Å². The molecule has 0 bridgehead atoms. The predicted molar refractivity (Wildman–Crippen MR) is 70.5 cm³/mol. The summed E-state index contributed by atoms with van der Waals surface area (Å²) in [5.74, 6) is -1.83. The molecule has 0 heterocycles. The predicted octanol–water partition coefficient (Wildman–Crippen LogP) is 2.51. The van der Waals surface area contributed by atoms with Crippen LogP contribution >= 0.6 is 23.2 Å². The number of carbonyl (C=O) groups excluding carboxylic acids is 2. The molecule has 102 valence electrons. The summed E-state index contributed by atoms with van der Waals surface area (Å²) in [6, 6.07) is 3.82. The Morgan fingerprint density at radius 3 is 2.21 bits per heavy atom. The van der Waals surface area contributed by atoms with Crippen molar-refractivity contribution in [3.05, 3.63) is 28.2 Å². The first-order chi connectivity index (χ1) is 8.90. The largest absolute Gasteiger partial charge is 0.481 e. The molecule has 3 amide bonds. The van der Waals surface area contributed by atoms with Gasteiger partial charge in [-0.1, -0.05) is 29.3 Å². The molecule has 1 aromatic rings. The topological polar surface area (TPSA) is 95.5 Å². The number of carboxylic acid groups (broad SMARTS) is 1. The quantitative estimate of drug-likeness (QED) is 0.796. The van der Waals surface area contributed by atoms with Gasteiger partial charge in [0.15, 0.2) is 0 Å². The standard InChI is InChI=1S/C11H10Cl2N2O4/c12-6-2-1-3-7(13)10(6)15-11(19)14-8(16)4-5-9(17)18/h1-3H,4-5H2,(H,17,18)(H2,14,15,16,19). The summed E-state index contributed by atoms with van der Waals surface area (Å²) in [5, 5.41) is 13.1. The molecule has 0 aliphatic rings. The molecule has 0 atom stereocenters. The Morgan fingerprint density at radius 1 is 1.11 bits per heavy atom. The number of hydrogen-bond acceptors (Lipinski definition) is 3. The SMILES string of the molecule is O=C(O)CCC(=O)NC(=O)Nc1c(Cl)cccc1Cl. The Labute approximate surface area is 118 Å². The summed E-state index contributed by atoms with van der Waals surface area (Å²) >= 11 is 11.6. The number of para-hydroxylation sites is 1. The molecule has 8 heteroatoms. The van der Waals surface area contributed by atoms with Gasteiger partial charge in [-0.15, -0.1) is 0 Å². The van der Waals surface area contributed by atoms with E-state index in [4.69, 9.17) is 28.3 Å². The zero-order chi connectivity index (χ0) is 14.4. The highest BCUT2D eigenvalue weighted by molar-refractivity contribution is 6.39. The second-order valence-corrected chi connectivity index (χ2v) is 4.31. The van der Waals surface area contributed by atoms with Crippen molar-refractivity contribution in [2.45, 2.75) is 12.8 Å². The fourth-order valence-electron chi connectivity index (χ4n) is 1.17. The number of imide groups is 1. The van der Waals surface area contributed by atoms with Crippen molar-refractivity contribution in [1.29, 1.82) is 0 Å². The Hall–Kier alpha value is -1.79. The molecular weight excluding hydrogens is 295 g/mol. The van der Waals surface area contributed by atoms with Gasteiger partial charge in [0.1, 0.15) is 0 Å². The maximum Gasteiger partial charge on any atom is 0.325 e. The van der Waals surface area contributed by atoms with Crippen molar-refractivity contribution in [3.8, 4) is 0 Å². The van der Waals surface area contributed by atoms with Gasteiger partial charge in [-0.3, -0.25) is 14.9 Å². The van der Waals surface area contributed by atoms with E-state index in [1.54, 1.807) is 6.07 Å². The van der Waals surface area contributed by atoms with E-state index in [1.165, 1.54) is 12.1 Å². The molecule has 0 radical (unpaired) electrons. The number of hydrogen-bond donors (Lipinski definition) is 3. The number of anilines is 1. The average molecular weight is 305 g/mol. The first-order valence-electron chi connectivity index (χ1n) is 5.17. The maximum atomic E-state index is 11.5. The Morgan fingerprint density at radius 2 is 1.68 bits per heavy atom. The summed E-state index contributed by atoms with van der Waals surface area (Å²) in [5.41, 5.74) is 0.175. The Kier molecular flexibility index (Phi) is 5.59. The van der Waals surface area contributed by atoms with E-state index in [2.05, 4.69) is 5.32 Å². The average Bonchev–Trinajstić information content (AvgIpc) is 2.31. The summed E-state index contributed by atoms with van der Waals surface area (Å²) in [7, 11) is 0. The third-order valence-electron chi connectivity index (χ3n) is 2.02. The van der Waals surface area contributed by atoms with Crippen molar-refractivity contribution >= 4 is 46.8 Å². The molecule has 1 rings (SSSR count). The van der Waals surface area contributed by atoms with Crippen molar-refractivity contribution in [3.63, 3.8) is 0 Å². The minimum atomic E-state index is -1.12.